The molecular formula is C30H20ClN3O4S. The van der Waals surface area contributed by atoms with E-state index in [1.165, 1.54) is 16.2 Å². The first-order valence-corrected chi connectivity index (χ1v) is 13.6. The van der Waals surface area contributed by atoms with Crippen molar-refractivity contribution in [2.24, 2.45) is 0 Å². The van der Waals surface area contributed by atoms with Crippen LogP contribution in [0.1, 0.15) is 38.4 Å². The summed E-state index contributed by atoms with van der Waals surface area (Å²) in [5.41, 5.74) is 1.79. The standard InChI is InChI=1S/C30H20ClN3O4S/c1-16-13-19-23(14-17(16)2)38-26-24(25(19)35)30(34(27(26)36)29-32-11-12-39-29)20-8-4-6-10-22(20)33(28(30)37)15-18-7-3-5-9-21(18)31/h3-14H,15H2,1-2H3. The molecule has 1 spiro atoms. The van der Waals surface area contributed by atoms with Gasteiger partial charge in [-0.1, -0.05) is 48.0 Å². The summed E-state index contributed by atoms with van der Waals surface area (Å²) >= 11 is 7.70. The van der Waals surface area contributed by atoms with Crippen molar-refractivity contribution < 1.29 is 14.0 Å². The Balaban J connectivity index is 1.57. The number of aromatic nitrogens is 1. The Labute approximate surface area is 231 Å². The Bertz CT molecular complexity index is 1920. The van der Waals surface area contributed by atoms with E-state index in [1.54, 1.807) is 46.8 Å². The Kier molecular flexibility index (Phi) is 5.11. The summed E-state index contributed by atoms with van der Waals surface area (Å²) in [5, 5.41) is 2.86. The van der Waals surface area contributed by atoms with Crippen LogP contribution in [0.4, 0.5) is 10.8 Å². The molecule has 0 saturated heterocycles. The second-order valence-corrected chi connectivity index (χ2v) is 11.0. The fourth-order valence-corrected chi connectivity index (χ4v) is 6.58. The molecule has 0 saturated carbocycles. The fourth-order valence-electron chi connectivity index (χ4n) is 5.70. The lowest BCUT2D eigenvalue weighted by atomic mass is 9.84. The summed E-state index contributed by atoms with van der Waals surface area (Å²) in [7, 11) is 0. The number of rotatable bonds is 3. The number of benzene rings is 3. The average Bonchev–Trinajstić information content (AvgIpc) is 3.60. The van der Waals surface area contributed by atoms with Crippen LogP contribution in [-0.4, -0.2) is 16.8 Å². The van der Waals surface area contributed by atoms with E-state index in [0.29, 0.717) is 32.4 Å². The van der Waals surface area contributed by atoms with E-state index < -0.39 is 22.8 Å². The Morgan fingerprint density at radius 1 is 1.00 bits per heavy atom. The Morgan fingerprint density at radius 3 is 2.51 bits per heavy atom. The number of halogens is 1. The number of amides is 2. The molecule has 2 amide bonds. The van der Waals surface area contributed by atoms with E-state index in [0.717, 1.165) is 16.7 Å². The largest absolute Gasteiger partial charge is 0.450 e. The van der Waals surface area contributed by atoms with Crippen LogP contribution < -0.4 is 15.2 Å². The number of hydrogen-bond donors (Lipinski definition) is 0. The number of nitrogens with zero attached hydrogens (tertiary/aromatic N) is 3. The number of carbonyl (C=O) groups excluding carboxylic acids is 2. The Morgan fingerprint density at radius 2 is 1.74 bits per heavy atom. The predicted molar refractivity (Wildman–Crippen MR) is 151 cm³/mol. The lowest BCUT2D eigenvalue weighted by molar-refractivity contribution is -0.121. The maximum Gasteiger partial charge on any atom is 0.297 e. The number of anilines is 2. The highest BCUT2D eigenvalue weighted by molar-refractivity contribution is 7.13. The number of fused-ring (bicyclic) bond motifs is 5. The van der Waals surface area contributed by atoms with Gasteiger partial charge in [-0.25, -0.2) is 4.98 Å². The fraction of sp³-hybridized carbons (Fsp3) is 0.133. The van der Waals surface area contributed by atoms with Gasteiger partial charge in [0.1, 0.15) is 5.58 Å². The lowest BCUT2D eigenvalue weighted by Gasteiger charge is -2.32. The Hall–Kier alpha value is -4.27. The smallest absolute Gasteiger partial charge is 0.297 e. The van der Waals surface area contributed by atoms with Gasteiger partial charge in [0, 0.05) is 22.2 Å². The van der Waals surface area contributed by atoms with Crippen molar-refractivity contribution in [3.8, 4) is 0 Å². The van der Waals surface area contributed by atoms with Gasteiger partial charge in [0.15, 0.2) is 16.1 Å². The summed E-state index contributed by atoms with van der Waals surface area (Å²) in [6.45, 7) is 3.98. The molecule has 0 radical (unpaired) electrons. The first-order chi connectivity index (χ1) is 18.8. The first-order valence-electron chi connectivity index (χ1n) is 12.3. The highest BCUT2D eigenvalue weighted by Gasteiger charge is 2.66. The van der Waals surface area contributed by atoms with Gasteiger partial charge < -0.3 is 9.32 Å². The molecule has 0 N–H and O–H groups in total. The van der Waals surface area contributed by atoms with Crippen molar-refractivity contribution in [1.82, 2.24) is 4.98 Å². The molecule has 3 aromatic carbocycles. The molecule has 0 aliphatic carbocycles. The van der Waals surface area contributed by atoms with Gasteiger partial charge in [-0.05, 0) is 54.8 Å². The molecule has 7 nitrogen and oxygen atoms in total. The molecule has 2 aliphatic rings. The lowest BCUT2D eigenvalue weighted by Crippen LogP contribution is -2.53. The molecule has 39 heavy (non-hydrogen) atoms. The molecule has 1 unspecified atom stereocenters. The third-order valence-electron chi connectivity index (χ3n) is 7.64. The van der Waals surface area contributed by atoms with E-state index in [-0.39, 0.29) is 17.9 Å². The van der Waals surface area contributed by atoms with Crippen LogP contribution in [0.3, 0.4) is 0 Å². The van der Waals surface area contributed by atoms with E-state index in [2.05, 4.69) is 4.98 Å². The maximum atomic E-state index is 14.8. The van der Waals surface area contributed by atoms with Gasteiger partial charge in [0.05, 0.1) is 23.2 Å². The predicted octanol–water partition coefficient (Wildman–Crippen LogP) is 5.97. The minimum absolute atomic E-state index is 0.0116. The van der Waals surface area contributed by atoms with Gasteiger partial charge in [-0.15, -0.1) is 11.3 Å². The highest BCUT2D eigenvalue weighted by atomic mass is 35.5. The number of carbonyl (C=O) groups is 2. The van der Waals surface area contributed by atoms with Gasteiger partial charge in [0.25, 0.3) is 11.8 Å². The quantitative estimate of drug-likeness (QED) is 0.275. The monoisotopic (exact) mass is 553 g/mol. The molecular weight excluding hydrogens is 534 g/mol. The van der Waals surface area contributed by atoms with Crippen molar-refractivity contribution in [3.05, 3.63) is 121 Å². The number of aryl methyl sites for hydroxylation is 2. The zero-order chi connectivity index (χ0) is 27.1. The molecule has 192 valence electrons. The molecule has 4 heterocycles. The molecule has 2 aliphatic heterocycles. The van der Waals surface area contributed by atoms with Crippen LogP contribution in [0.2, 0.25) is 5.02 Å². The van der Waals surface area contributed by atoms with Crippen LogP contribution in [0.25, 0.3) is 11.0 Å². The molecule has 0 fully saturated rings. The molecule has 0 bridgehead atoms. The van der Waals surface area contributed by atoms with E-state index in [4.69, 9.17) is 16.0 Å². The van der Waals surface area contributed by atoms with Crippen molar-refractivity contribution in [2.45, 2.75) is 25.9 Å². The SMILES string of the molecule is Cc1cc2oc3c(c(=O)c2cc1C)C1(C(=O)N(Cc2ccccc2Cl)c2ccccc21)N(c1nccs1)C3=O. The zero-order valence-corrected chi connectivity index (χ0v) is 22.5. The van der Waals surface area contributed by atoms with Gasteiger partial charge in [-0.3, -0.25) is 19.3 Å². The van der Waals surface area contributed by atoms with Gasteiger partial charge >= 0.3 is 0 Å². The van der Waals surface area contributed by atoms with Crippen LogP contribution in [0.5, 0.6) is 0 Å². The summed E-state index contributed by atoms with van der Waals surface area (Å²) < 4.78 is 6.18. The maximum absolute atomic E-state index is 14.8. The van der Waals surface area contributed by atoms with Crippen LogP contribution in [0, 0.1) is 13.8 Å². The summed E-state index contributed by atoms with van der Waals surface area (Å²) in [6.07, 6.45) is 1.56. The normalized spacial score (nSPS) is 17.9. The first kappa shape index (κ1) is 23.8. The van der Waals surface area contributed by atoms with E-state index in [9.17, 15) is 14.4 Å². The molecule has 9 heteroatoms. The van der Waals surface area contributed by atoms with Crippen LogP contribution >= 0.6 is 22.9 Å². The minimum atomic E-state index is -1.78. The second-order valence-electron chi connectivity index (χ2n) is 9.73. The second kappa shape index (κ2) is 8.36. The third kappa shape index (κ3) is 3.10. The highest BCUT2D eigenvalue weighted by Crippen LogP contribution is 2.54. The number of thiazole rings is 1. The van der Waals surface area contributed by atoms with Crippen molar-refractivity contribution in [3.63, 3.8) is 0 Å². The number of para-hydroxylation sites is 1. The number of hydrogen-bond acceptors (Lipinski definition) is 6. The molecule has 2 aromatic heterocycles. The summed E-state index contributed by atoms with van der Waals surface area (Å²) in [5.74, 6) is -1.17. The molecule has 5 aromatic rings. The third-order valence-corrected chi connectivity index (χ3v) is 8.76. The zero-order valence-electron chi connectivity index (χ0n) is 20.9. The average molecular weight is 554 g/mol. The summed E-state index contributed by atoms with van der Waals surface area (Å²) in [4.78, 5) is 50.6. The topological polar surface area (TPSA) is 83.7 Å². The molecule has 7 rings (SSSR count). The van der Waals surface area contributed by atoms with Crippen LogP contribution in [0.15, 0.2) is 81.5 Å². The van der Waals surface area contributed by atoms with Gasteiger partial charge in [0.2, 0.25) is 5.76 Å². The van der Waals surface area contributed by atoms with E-state index in [1.807, 2.05) is 44.2 Å². The van der Waals surface area contributed by atoms with Crippen molar-refractivity contribution in [1.29, 1.82) is 0 Å². The van der Waals surface area contributed by atoms with Gasteiger partial charge in [-0.2, -0.15) is 0 Å². The molecule has 1 atom stereocenters. The van der Waals surface area contributed by atoms with Crippen LogP contribution in [-0.2, 0) is 16.9 Å². The van der Waals surface area contributed by atoms with Crippen molar-refractivity contribution >= 4 is 56.5 Å². The van der Waals surface area contributed by atoms with Crippen molar-refractivity contribution in [2.75, 3.05) is 9.80 Å². The minimum Gasteiger partial charge on any atom is -0.450 e. The van der Waals surface area contributed by atoms with E-state index >= 15 is 0 Å². The summed E-state index contributed by atoms with van der Waals surface area (Å²) in [6, 6.07) is 18.0.